The number of nitrogens with zero attached hydrogens (tertiary/aromatic N) is 2. The molecule has 1 saturated heterocycles. The minimum absolute atomic E-state index is 0.105. The number of nitrogens with one attached hydrogen (secondary N) is 1. The topological polar surface area (TPSA) is 54.5 Å². The third-order valence-electron chi connectivity index (χ3n) is 6.47. The van der Waals surface area contributed by atoms with Crippen LogP contribution in [0.25, 0.3) is 0 Å². The number of rotatable bonds is 8. The SMILES string of the molecule is CC(C)(N[C@@H]1C[C@H](c2cccc(OC(F)(F)C(F)F)c2)N(c2ccc(Cl)cc2)C1=O)c1ccc(C(F)(F)F)nc1. The van der Waals surface area contributed by atoms with Crippen molar-refractivity contribution in [3.63, 3.8) is 0 Å². The molecule has 40 heavy (non-hydrogen) atoms. The molecule has 1 aliphatic heterocycles. The summed E-state index contributed by atoms with van der Waals surface area (Å²) in [5, 5.41) is 3.57. The lowest BCUT2D eigenvalue weighted by atomic mass is 9.93. The predicted molar refractivity (Wildman–Crippen MR) is 134 cm³/mol. The zero-order valence-corrected chi connectivity index (χ0v) is 21.8. The first-order valence-electron chi connectivity index (χ1n) is 11.9. The summed E-state index contributed by atoms with van der Waals surface area (Å²) in [5.41, 5.74) is -0.912. The number of hydrogen-bond donors (Lipinski definition) is 1. The number of hydrogen-bond acceptors (Lipinski definition) is 4. The standard InChI is InChI=1S/C27H23ClF7N3O2/c1-25(2,16-6-11-22(36-14-16)26(31,32)33)37-20-13-21(38(23(20)39)18-9-7-17(28)8-10-18)15-4-3-5-19(12-15)40-27(34,35)24(29)30/h3-12,14,20-21,24,37H,13H2,1-2H3/t20-,21-/m1/s1. The molecule has 13 heteroatoms. The molecule has 1 fully saturated rings. The predicted octanol–water partition coefficient (Wildman–Crippen LogP) is 7.36. The van der Waals surface area contributed by atoms with Crippen LogP contribution in [-0.2, 0) is 16.5 Å². The molecule has 1 aliphatic rings. The zero-order valence-electron chi connectivity index (χ0n) is 21.0. The van der Waals surface area contributed by atoms with E-state index in [1.54, 1.807) is 44.2 Å². The van der Waals surface area contributed by atoms with E-state index >= 15 is 0 Å². The van der Waals surface area contributed by atoms with Crippen molar-refractivity contribution in [3.8, 4) is 5.75 Å². The summed E-state index contributed by atoms with van der Waals surface area (Å²) >= 11 is 6.00. The van der Waals surface area contributed by atoms with E-state index in [4.69, 9.17) is 11.6 Å². The number of benzene rings is 2. The van der Waals surface area contributed by atoms with Gasteiger partial charge in [0.15, 0.2) is 0 Å². The Morgan fingerprint density at radius 3 is 2.27 bits per heavy atom. The van der Waals surface area contributed by atoms with Crippen LogP contribution in [0.15, 0.2) is 66.9 Å². The third kappa shape index (κ3) is 6.33. The molecule has 3 aromatic rings. The number of halogens is 8. The van der Waals surface area contributed by atoms with Crippen LogP contribution in [-0.4, -0.2) is 29.5 Å². The van der Waals surface area contributed by atoms with Crippen molar-refractivity contribution < 1.29 is 40.3 Å². The van der Waals surface area contributed by atoms with Gasteiger partial charge >= 0.3 is 18.7 Å². The fraction of sp³-hybridized carbons (Fsp3) is 0.333. The molecule has 1 aromatic heterocycles. The van der Waals surface area contributed by atoms with Crippen molar-refractivity contribution in [1.29, 1.82) is 0 Å². The van der Waals surface area contributed by atoms with Gasteiger partial charge in [0, 0.05) is 22.4 Å². The summed E-state index contributed by atoms with van der Waals surface area (Å²) in [6.07, 6.45) is -12.2. The second kappa shape index (κ2) is 10.9. The Kier molecular flexibility index (Phi) is 8.06. The largest absolute Gasteiger partial charge is 0.461 e. The van der Waals surface area contributed by atoms with Crippen LogP contribution in [0.3, 0.4) is 0 Å². The average Bonchev–Trinajstić information content (AvgIpc) is 3.19. The van der Waals surface area contributed by atoms with E-state index in [1.165, 1.54) is 17.0 Å². The van der Waals surface area contributed by atoms with Crippen LogP contribution in [0.1, 0.15) is 43.1 Å². The highest BCUT2D eigenvalue weighted by molar-refractivity contribution is 6.30. The minimum atomic E-state index is -4.72. The Hall–Kier alpha value is -3.38. The van der Waals surface area contributed by atoms with Gasteiger partial charge in [0.1, 0.15) is 11.4 Å². The molecule has 5 nitrogen and oxygen atoms in total. The molecule has 0 saturated carbocycles. The van der Waals surface area contributed by atoms with Crippen LogP contribution in [0, 0.1) is 0 Å². The summed E-state index contributed by atoms with van der Waals surface area (Å²) in [6.45, 7) is 3.34. The Morgan fingerprint density at radius 1 is 1.02 bits per heavy atom. The summed E-state index contributed by atoms with van der Waals surface area (Å²) in [5.74, 6) is -0.927. The Morgan fingerprint density at radius 2 is 1.70 bits per heavy atom. The number of anilines is 1. The van der Waals surface area contributed by atoms with E-state index in [9.17, 15) is 35.5 Å². The summed E-state index contributed by atoms with van der Waals surface area (Å²) in [7, 11) is 0. The van der Waals surface area contributed by atoms with Crippen molar-refractivity contribution in [2.45, 2.75) is 56.6 Å². The van der Waals surface area contributed by atoms with Gasteiger partial charge in [-0.15, -0.1) is 0 Å². The van der Waals surface area contributed by atoms with Crippen LogP contribution >= 0.6 is 11.6 Å². The van der Waals surface area contributed by atoms with Gasteiger partial charge < -0.3 is 9.64 Å². The highest BCUT2D eigenvalue weighted by Gasteiger charge is 2.45. The highest BCUT2D eigenvalue weighted by Crippen LogP contribution is 2.40. The molecule has 2 aromatic carbocycles. The van der Waals surface area contributed by atoms with E-state index in [0.29, 0.717) is 21.8 Å². The monoisotopic (exact) mass is 589 g/mol. The number of pyridine rings is 1. The first kappa shape index (κ1) is 29.6. The van der Waals surface area contributed by atoms with Gasteiger partial charge in [-0.2, -0.15) is 30.7 Å². The van der Waals surface area contributed by atoms with Crippen LogP contribution in [0.2, 0.25) is 5.02 Å². The molecule has 1 N–H and O–H groups in total. The van der Waals surface area contributed by atoms with Crippen LogP contribution < -0.4 is 15.0 Å². The maximum Gasteiger partial charge on any atom is 0.461 e. The number of carbonyl (C=O) groups excluding carboxylic acids is 1. The maximum absolute atomic E-state index is 13.7. The van der Waals surface area contributed by atoms with Crippen molar-refractivity contribution in [3.05, 3.63) is 88.7 Å². The smallest absolute Gasteiger partial charge is 0.428 e. The second-order valence-electron chi connectivity index (χ2n) is 9.73. The Labute approximate surface area is 229 Å². The fourth-order valence-electron chi connectivity index (χ4n) is 4.50. The summed E-state index contributed by atoms with van der Waals surface area (Å²) in [4.78, 5) is 18.6. The maximum atomic E-state index is 13.7. The van der Waals surface area contributed by atoms with E-state index < -0.39 is 53.7 Å². The van der Waals surface area contributed by atoms with E-state index in [-0.39, 0.29) is 6.42 Å². The average molecular weight is 590 g/mol. The van der Waals surface area contributed by atoms with Gasteiger partial charge in [-0.3, -0.25) is 15.1 Å². The lowest BCUT2D eigenvalue weighted by Crippen LogP contribution is -2.47. The van der Waals surface area contributed by atoms with E-state index in [1.807, 2.05) is 0 Å². The van der Waals surface area contributed by atoms with Crippen molar-refractivity contribution in [1.82, 2.24) is 10.3 Å². The molecule has 0 radical (unpaired) electrons. The molecule has 214 valence electrons. The van der Waals surface area contributed by atoms with Crippen LogP contribution in [0.5, 0.6) is 5.75 Å². The van der Waals surface area contributed by atoms with Gasteiger partial charge in [0.2, 0.25) is 5.91 Å². The fourth-order valence-corrected chi connectivity index (χ4v) is 4.63. The molecule has 0 spiro atoms. The Balaban J connectivity index is 1.66. The first-order chi connectivity index (χ1) is 18.6. The van der Waals surface area contributed by atoms with Crippen molar-refractivity contribution in [2.24, 2.45) is 0 Å². The molecular formula is C27H23ClF7N3O2. The van der Waals surface area contributed by atoms with Gasteiger partial charge in [-0.1, -0.05) is 29.8 Å². The molecule has 0 unspecified atom stereocenters. The van der Waals surface area contributed by atoms with Gasteiger partial charge in [0.05, 0.1) is 12.1 Å². The molecule has 2 heterocycles. The van der Waals surface area contributed by atoms with Gasteiger partial charge in [-0.05, 0) is 73.9 Å². The summed E-state index contributed by atoms with van der Waals surface area (Å²) in [6, 6.07) is 11.9. The first-order valence-corrected chi connectivity index (χ1v) is 12.3. The van der Waals surface area contributed by atoms with Crippen molar-refractivity contribution in [2.75, 3.05) is 4.90 Å². The molecule has 2 atom stereocenters. The number of ether oxygens (including phenoxy) is 1. The quantitative estimate of drug-likeness (QED) is 0.279. The third-order valence-corrected chi connectivity index (χ3v) is 6.72. The van der Waals surface area contributed by atoms with E-state index in [2.05, 4.69) is 15.0 Å². The lowest BCUT2D eigenvalue weighted by Gasteiger charge is -2.30. The second-order valence-corrected chi connectivity index (χ2v) is 10.2. The molecule has 4 rings (SSSR count). The normalized spacial score (nSPS) is 18.5. The zero-order chi connectivity index (χ0) is 29.5. The number of amides is 1. The highest BCUT2D eigenvalue weighted by atomic mass is 35.5. The molecule has 1 amide bonds. The van der Waals surface area contributed by atoms with Gasteiger partial charge in [-0.25, -0.2) is 0 Å². The van der Waals surface area contributed by atoms with Gasteiger partial charge in [0.25, 0.3) is 0 Å². The van der Waals surface area contributed by atoms with Crippen LogP contribution in [0.4, 0.5) is 36.4 Å². The number of carbonyl (C=O) groups is 1. The van der Waals surface area contributed by atoms with E-state index in [0.717, 1.165) is 24.4 Å². The summed E-state index contributed by atoms with van der Waals surface area (Å²) < 4.78 is 95.6. The molecular weight excluding hydrogens is 567 g/mol. The molecule has 0 aliphatic carbocycles. The lowest BCUT2D eigenvalue weighted by molar-refractivity contribution is -0.253. The number of aromatic nitrogens is 1. The number of alkyl halides is 7. The van der Waals surface area contributed by atoms with Crippen molar-refractivity contribution >= 4 is 23.2 Å². The minimum Gasteiger partial charge on any atom is -0.428 e. The molecule has 0 bridgehead atoms. The Bertz CT molecular complexity index is 1350.